The molecule has 7 heteroatoms. The largest absolute Gasteiger partial charge is 0.364 e. The summed E-state index contributed by atoms with van der Waals surface area (Å²) in [5.74, 6) is -1.10. The van der Waals surface area contributed by atoms with Crippen LogP contribution in [-0.4, -0.2) is 59.7 Å². The molecule has 1 saturated heterocycles. The minimum Gasteiger partial charge on any atom is -0.364 e. The number of halogens is 1. The number of hydrogen-bond donors (Lipinski definition) is 0. The maximum Gasteiger partial charge on any atom is 0.278 e. The summed E-state index contributed by atoms with van der Waals surface area (Å²) in [4.78, 5) is 32.5. The zero-order valence-corrected chi connectivity index (χ0v) is 15.8. The van der Waals surface area contributed by atoms with Crippen LogP contribution in [0.15, 0.2) is 47.5 Å². The fourth-order valence-electron chi connectivity index (χ4n) is 3.47. The fraction of sp³-hybridized carbons (Fsp3) is 0.300. The van der Waals surface area contributed by atoms with Crippen molar-refractivity contribution < 1.29 is 14.0 Å². The standard InChI is InChI=1S/C20H20FN3O2S/c1-22-8-10-23(11-9-22)18-17(16-7-4-12-27-16)19(25)24(20(18)26)13-14-5-2-3-6-15(14)21/h2-7,12H,8-11,13H2,1H3. The lowest BCUT2D eigenvalue weighted by Crippen LogP contribution is -2.46. The second kappa shape index (κ2) is 7.25. The van der Waals surface area contributed by atoms with E-state index in [-0.39, 0.29) is 18.4 Å². The molecule has 0 atom stereocenters. The van der Waals surface area contributed by atoms with Gasteiger partial charge in [-0.3, -0.25) is 14.5 Å². The van der Waals surface area contributed by atoms with Crippen molar-refractivity contribution in [3.05, 3.63) is 63.7 Å². The molecule has 0 radical (unpaired) electrons. The minimum atomic E-state index is -0.413. The van der Waals surface area contributed by atoms with Gasteiger partial charge in [0.05, 0.1) is 12.1 Å². The van der Waals surface area contributed by atoms with Gasteiger partial charge in [0.1, 0.15) is 11.5 Å². The molecule has 0 bridgehead atoms. The lowest BCUT2D eigenvalue weighted by atomic mass is 10.1. The van der Waals surface area contributed by atoms with Crippen molar-refractivity contribution in [1.29, 1.82) is 0 Å². The van der Waals surface area contributed by atoms with Crippen LogP contribution in [0.25, 0.3) is 5.57 Å². The van der Waals surface area contributed by atoms with Crippen LogP contribution in [0.3, 0.4) is 0 Å². The molecule has 2 aromatic rings. The third kappa shape index (κ3) is 3.28. The average molecular weight is 385 g/mol. The van der Waals surface area contributed by atoms with Gasteiger partial charge in [0.2, 0.25) is 0 Å². The Morgan fingerprint density at radius 2 is 1.74 bits per heavy atom. The summed E-state index contributed by atoms with van der Waals surface area (Å²) < 4.78 is 14.1. The maximum absolute atomic E-state index is 14.1. The van der Waals surface area contributed by atoms with E-state index < -0.39 is 5.82 Å². The Labute approximate surface area is 161 Å². The van der Waals surface area contributed by atoms with Crippen molar-refractivity contribution in [3.63, 3.8) is 0 Å². The van der Waals surface area contributed by atoms with Crippen molar-refractivity contribution >= 4 is 28.7 Å². The molecular weight excluding hydrogens is 365 g/mol. The van der Waals surface area contributed by atoms with Crippen molar-refractivity contribution in [2.75, 3.05) is 33.2 Å². The third-order valence-electron chi connectivity index (χ3n) is 5.02. The quantitative estimate of drug-likeness (QED) is 0.759. The van der Waals surface area contributed by atoms with E-state index in [1.54, 1.807) is 18.2 Å². The van der Waals surface area contributed by atoms with Gasteiger partial charge in [0.25, 0.3) is 11.8 Å². The normalized spacial score (nSPS) is 18.7. The molecule has 1 aromatic carbocycles. The van der Waals surface area contributed by atoms with E-state index in [2.05, 4.69) is 4.90 Å². The summed E-state index contributed by atoms with van der Waals surface area (Å²) in [7, 11) is 2.04. The second-order valence-corrected chi connectivity index (χ2v) is 7.73. The summed E-state index contributed by atoms with van der Waals surface area (Å²) in [6.07, 6.45) is 0. The Kier molecular flexibility index (Phi) is 4.80. The van der Waals surface area contributed by atoms with E-state index in [0.717, 1.165) is 18.0 Å². The van der Waals surface area contributed by atoms with E-state index in [9.17, 15) is 14.0 Å². The van der Waals surface area contributed by atoms with Crippen LogP contribution in [-0.2, 0) is 16.1 Å². The van der Waals surface area contributed by atoms with Crippen molar-refractivity contribution in [2.24, 2.45) is 0 Å². The highest BCUT2D eigenvalue weighted by atomic mass is 32.1. The second-order valence-electron chi connectivity index (χ2n) is 6.78. The van der Waals surface area contributed by atoms with Crippen LogP contribution in [0.4, 0.5) is 4.39 Å². The van der Waals surface area contributed by atoms with Crippen LogP contribution in [0, 0.1) is 5.82 Å². The lowest BCUT2D eigenvalue weighted by molar-refractivity contribution is -0.138. The van der Waals surface area contributed by atoms with Gasteiger partial charge in [0, 0.05) is 36.6 Å². The van der Waals surface area contributed by atoms with E-state index in [1.807, 2.05) is 29.5 Å². The highest BCUT2D eigenvalue weighted by molar-refractivity contribution is 7.11. The Morgan fingerprint density at radius 1 is 1.00 bits per heavy atom. The van der Waals surface area contributed by atoms with Gasteiger partial charge < -0.3 is 9.80 Å². The number of piperazine rings is 1. The number of carbonyl (C=O) groups is 2. The molecule has 2 aliphatic heterocycles. The Bertz CT molecular complexity index is 902. The predicted molar refractivity (Wildman–Crippen MR) is 102 cm³/mol. The molecule has 0 aliphatic carbocycles. The lowest BCUT2D eigenvalue weighted by Gasteiger charge is -2.34. The summed E-state index contributed by atoms with van der Waals surface area (Å²) in [6.45, 7) is 2.98. The molecule has 0 saturated carbocycles. The van der Waals surface area contributed by atoms with Crippen LogP contribution in [0.5, 0.6) is 0 Å². The van der Waals surface area contributed by atoms with Gasteiger partial charge in [-0.1, -0.05) is 24.3 Å². The van der Waals surface area contributed by atoms with Gasteiger partial charge in [-0.15, -0.1) is 11.3 Å². The van der Waals surface area contributed by atoms with Crippen molar-refractivity contribution in [3.8, 4) is 0 Å². The van der Waals surface area contributed by atoms with E-state index in [0.29, 0.717) is 29.9 Å². The highest BCUT2D eigenvalue weighted by Crippen LogP contribution is 2.35. The number of likely N-dealkylation sites (N-methyl/N-ethyl adjacent to an activating group) is 1. The molecule has 0 spiro atoms. The van der Waals surface area contributed by atoms with Gasteiger partial charge >= 0.3 is 0 Å². The first-order valence-electron chi connectivity index (χ1n) is 8.87. The molecule has 1 fully saturated rings. The molecule has 0 unspecified atom stereocenters. The monoisotopic (exact) mass is 385 g/mol. The molecule has 2 amide bonds. The zero-order chi connectivity index (χ0) is 19.0. The van der Waals surface area contributed by atoms with Gasteiger partial charge in [-0.05, 0) is 24.6 Å². The summed E-state index contributed by atoms with van der Waals surface area (Å²) in [5.41, 5.74) is 1.23. The molecule has 5 nitrogen and oxygen atoms in total. The summed E-state index contributed by atoms with van der Waals surface area (Å²) in [5, 5.41) is 1.89. The van der Waals surface area contributed by atoms with Gasteiger partial charge in [0.15, 0.2) is 0 Å². The summed E-state index contributed by atoms with van der Waals surface area (Å²) >= 11 is 1.44. The number of imide groups is 1. The number of amides is 2. The number of benzene rings is 1. The smallest absolute Gasteiger partial charge is 0.278 e. The Hall–Kier alpha value is -2.51. The number of hydrogen-bond acceptors (Lipinski definition) is 5. The van der Waals surface area contributed by atoms with Gasteiger partial charge in [-0.2, -0.15) is 0 Å². The van der Waals surface area contributed by atoms with Crippen LogP contribution in [0.2, 0.25) is 0 Å². The Balaban J connectivity index is 1.70. The highest BCUT2D eigenvalue weighted by Gasteiger charge is 2.42. The molecule has 27 heavy (non-hydrogen) atoms. The molecule has 140 valence electrons. The Morgan fingerprint density at radius 3 is 2.41 bits per heavy atom. The first-order chi connectivity index (χ1) is 13.1. The summed E-state index contributed by atoms with van der Waals surface area (Å²) in [6, 6.07) is 9.97. The number of rotatable bonds is 4. The van der Waals surface area contributed by atoms with E-state index >= 15 is 0 Å². The van der Waals surface area contributed by atoms with Crippen molar-refractivity contribution in [2.45, 2.75) is 6.54 Å². The number of thiophene rings is 1. The molecule has 4 rings (SSSR count). The van der Waals surface area contributed by atoms with E-state index in [1.165, 1.54) is 22.3 Å². The predicted octanol–water partition coefficient (Wildman–Crippen LogP) is 2.41. The third-order valence-corrected chi connectivity index (χ3v) is 5.90. The SMILES string of the molecule is CN1CCN(C2=C(c3cccs3)C(=O)N(Cc3ccccc3F)C2=O)CC1. The van der Waals surface area contributed by atoms with Crippen molar-refractivity contribution in [1.82, 2.24) is 14.7 Å². The molecule has 3 heterocycles. The van der Waals surface area contributed by atoms with Gasteiger partial charge in [-0.25, -0.2) is 4.39 Å². The number of nitrogens with zero attached hydrogens (tertiary/aromatic N) is 3. The van der Waals surface area contributed by atoms with Crippen LogP contribution in [0.1, 0.15) is 10.4 Å². The molecular formula is C20H20FN3O2S. The number of carbonyl (C=O) groups excluding carboxylic acids is 2. The molecule has 0 N–H and O–H groups in total. The van der Waals surface area contributed by atoms with Crippen LogP contribution >= 0.6 is 11.3 Å². The first-order valence-corrected chi connectivity index (χ1v) is 9.75. The van der Waals surface area contributed by atoms with Crippen LogP contribution < -0.4 is 0 Å². The molecule has 1 aromatic heterocycles. The topological polar surface area (TPSA) is 43.9 Å². The fourth-order valence-corrected chi connectivity index (χ4v) is 4.23. The zero-order valence-electron chi connectivity index (χ0n) is 15.0. The average Bonchev–Trinajstić information content (AvgIpc) is 3.26. The molecule has 2 aliphatic rings. The maximum atomic E-state index is 14.1. The minimum absolute atomic E-state index is 0.0591. The first kappa shape index (κ1) is 17.9. The van der Waals surface area contributed by atoms with E-state index in [4.69, 9.17) is 0 Å².